The zero-order valence-corrected chi connectivity index (χ0v) is 12.3. The Balaban J connectivity index is 2.29. The first-order valence-corrected chi connectivity index (χ1v) is 6.59. The molecule has 0 amide bonds. The van der Waals surface area contributed by atoms with Crippen LogP contribution in [-0.2, 0) is 6.61 Å². The van der Waals surface area contributed by atoms with Gasteiger partial charge in [-0.15, -0.1) is 0 Å². The van der Waals surface area contributed by atoms with Crippen LogP contribution in [0.25, 0.3) is 0 Å². The van der Waals surface area contributed by atoms with Gasteiger partial charge in [-0.1, -0.05) is 17.7 Å². The molecule has 0 atom stereocenters. The molecule has 0 N–H and O–H groups in total. The summed E-state index contributed by atoms with van der Waals surface area (Å²) in [5.41, 5.74) is 1.42. The number of rotatable bonds is 4. The molecule has 0 aliphatic carbocycles. The lowest BCUT2D eigenvalue weighted by Gasteiger charge is -2.11. The van der Waals surface area contributed by atoms with E-state index in [2.05, 4.69) is 0 Å². The minimum atomic E-state index is -0.521. The Labute approximate surface area is 126 Å². The molecule has 2 aromatic carbocycles. The summed E-state index contributed by atoms with van der Waals surface area (Å²) in [7, 11) is 0. The highest BCUT2D eigenvalue weighted by atomic mass is 35.5. The number of benzene rings is 2. The minimum Gasteiger partial charge on any atom is -0.488 e. The lowest BCUT2D eigenvalue weighted by atomic mass is 10.1. The summed E-state index contributed by atoms with van der Waals surface area (Å²) in [5, 5.41) is 11.2. The van der Waals surface area contributed by atoms with Crippen molar-refractivity contribution in [3.8, 4) is 5.75 Å². The van der Waals surface area contributed by atoms with Gasteiger partial charge in [0.1, 0.15) is 18.2 Å². The summed E-state index contributed by atoms with van der Waals surface area (Å²) in [5.74, 6) is -0.0448. The van der Waals surface area contributed by atoms with Crippen LogP contribution < -0.4 is 4.74 Å². The van der Waals surface area contributed by atoms with Gasteiger partial charge in [-0.05, 0) is 37.1 Å². The standard InChI is InChI=1S/C15H13ClFNO3/c1-9-6-10(2)15(7-13(9)17)21-8-11-12(16)4-3-5-14(11)18(19)20/h3-7H,8H2,1-2H3. The van der Waals surface area contributed by atoms with Crippen LogP contribution in [0.1, 0.15) is 16.7 Å². The Morgan fingerprint density at radius 2 is 2.00 bits per heavy atom. The van der Waals surface area contributed by atoms with E-state index in [1.54, 1.807) is 26.0 Å². The van der Waals surface area contributed by atoms with Crippen LogP contribution in [-0.4, -0.2) is 4.92 Å². The first kappa shape index (κ1) is 15.3. The van der Waals surface area contributed by atoms with Gasteiger partial charge in [0, 0.05) is 12.1 Å². The van der Waals surface area contributed by atoms with Crippen LogP contribution in [0.3, 0.4) is 0 Å². The molecular weight excluding hydrogens is 297 g/mol. The van der Waals surface area contributed by atoms with E-state index in [1.807, 2.05) is 0 Å². The highest BCUT2D eigenvalue weighted by Gasteiger charge is 2.17. The third-order valence-corrected chi connectivity index (χ3v) is 3.47. The molecule has 2 rings (SSSR count). The highest BCUT2D eigenvalue weighted by Crippen LogP contribution is 2.29. The van der Waals surface area contributed by atoms with Gasteiger partial charge in [-0.2, -0.15) is 0 Å². The second-order valence-electron chi connectivity index (χ2n) is 4.65. The fourth-order valence-corrected chi connectivity index (χ4v) is 2.20. The van der Waals surface area contributed by atoms with Crippen LogP contribution in [0.4, 0.5) is 10.1 Å². The van der Waals surface area contributed by atoms with Crippen molar-refractivity contribution in [1.29, 1.82) is 0 Å². The monoisotopic (exact) mass is 309 g/mol. The molecule has 0 aromatic heterocycles. The highest BCUT2D eigenvalue weighted by molar-refractivity contribution is 6.31. The van der Waals surface area contributed by atoms with Gasteiger partial charge in [-0.25, -0.2) is 4.39 Å². The van der Waals surface area contributed by atoms with Crippen molar-refractivity contribution in [1.82, 2.24) is 0 Å². The zero-order chi connectivity index (χ0) is 15.6. The molecule has 0 spiro atoms. The number of hydrogen-bond donors (Lipinski definition) is 0. The SMILES string of the molecule is Cc1cc(C)c(OCc2c(Cl)cccc2[N+](=O)[O-])cc1F. The molecule has 0 bridgehead atoms. The van der Waals surface area contributed by atoms with E-state index in [9.17, 15) is 14.5 Å². The predicted molar refractivity (Wildman–Crippen MR) is 78.3 cm³/mol. The summed E-state index contributed by atoms with van der Waals surface area (Å²) >= 11 is 5.98. The van der Waals surface area contributed by atoms with Crippen molar-refractivity contribution in [3.63, 3.8) is 0 Å². The first-order valence-electron chi connectivity index (χ1n) is 6.21. The van der Waals surface area contributed by atoms with Crippen molar-refractivity contribution < 1.29 is 14.1 Å². The summed E-state index contributed by atoms with van der Waals surface area (Å²) < 4.78 is 19.1. The number of nitro groups is 1. The Hall–Kier alpha value is -2.14. The van der Waals surface area contributed by atoms with E-state index >= 15 is 0 Å². The van der Waals surface area contributed by atoms with Crippen LogP contribution in [0, 0.1) is 29.8 Å². The van der Waals surface area contributed by atoms with Gasteiger partial charge in [-0.3, -0.25) is 10.1 Å². The van der Waals surface area contributed by atoms with Crippen LogP contribution in [0.15, 0.2) is 30.3 Å². The fraction of sp³-hybridized carbons (Fsp3) is 0.200. The molecular formula is C15H13ClFNO3. The van der Waals surface area contributed by atoms with Gasteiger partial charge >= 0.3 is 0 Å². The summed E-state index contributed by atoms with van der Waals surface area (Å²) in [6, 6.07) is 7.34. The van der Waals surface area contributed by atoms with Crippen LogP contribution in [0.2, 0.25) is 5.02 Å². The summed E-state index contributed by atoms with van der Waals surface area (Å²) in [6.45, 7) is 3.34. The van der Waals surface area contributed by atoms with E-state index in [-0.39, 0.29) is 28.7 Å². The number of aryl methyl sites for hydroxylation is 2. The Kier molecular flexibility index (Phi) is 4.43. The molecule has 0 radical (unpaired) electrons. The lowest BCUT2D eigenvalue weighted by Crippen LogP contribution is -2.03. The average molecular weight is 310 g/mol. The molecule has 0 fully saturated rings. The third kappa shape index (κ3) is 3.31. The Morgan fingerprint density at radius 1 is 1.29 bits per heavy atom. The summed E-state index contributed by atoms with van der Waals surface area (Å²) in [6.07, 6.45) is 0. The molecule has 110 valence electrons. The van der Waals surface area contributed by atoms with Gasteiger partial charge in [0.25, 0.3) is 5.69 Å². The molecule has 0 saturated heterocycles. The molecule has 21 heavy (non-hydrogen) atoms. The van der Waals surface area contributed by atoms with E-state index in [1.165, 1.54) is 18.2 Å². The van der Waals surface area contributed by atoms with Crippen molar-refractivity contribution in [2.24, 2.45) is 0 Å². The molecule has 0 aliphatic rings. The number of halogens is 2. The Bertz CT molecular complexity index is 704. The van der Waals surface area contributed by atoms with E-state index in [4.69, 9.17) is 16.3 Å². The number of nitro benzene ring substituents is 1. The minimum absolute atomic E-state index is 0.0979. The fourth-order valence-electron chi connectivity index (χ4n) is 1.97. The van der Waals surface area contributed by atoms with E-state index in [0.717, 1.165) is 5.56 Å². The van der Waals surface area contributed by atoms with Crippen molar-refractivity contribution in [2.45, 2.75) is 20.5 Å². The third-order valence-electron chi connectivity index (χ3n) is 3.12. The maximum absolute atomic E-state index is 13.6. The quantitative estimate of drug-likeness (QED) is 0.613. The van der Waals surface area contributed by atoms with Gasteiger partial charge in [0.2, 0.25) is 0 Å². The molecule has 6 heteroatoms. The maximum Gasteiger partial charge on any atom is 0.277 e. The van der Waals surface area contributed by atoms with Gasteiger partial charge < -0.3 is 4.74 Å². The van der Waals surface area contributed by atoms with Crippen molar-refractivity contribution >= 4 is 17.3 Å². The molecule has 4 nitrogen and oxygen atoms in total. The molecule has 2 aromatic rings. The van der Waals surface area contributed by atoms with E-state index < -0.39 is 4.92 Å². The smallest absolute Gasteiger partial charge is 0.277 e. The summed E-state index contributed by atoms with van der Waals surface area (Å²) in [4.78, 5) is 10.5. The zero-order valence-electron chi connectivity index (χ0n) is 11.5. The average Bonchev–Trinajstić information content (AvgIpc) is 2.42. The normalized spacial score (nSPS) is 10.5. The number of hydrogen-bond acceptors (Lipinski definition) is 3. The van der Waals surface area contributed by atoms with Gasteiger partial charge in [0.15, 0.2) is 0 Å². The molecule has 0 unspecified atom stereocenters. The molecule has 0 heterocycles. The largest absolute Gasteiger partial charge is 0.488 e. The van der Waals surface area contributed by atoms with Crippen molar-refractivity contribution in [3.05, 3.63) is 68.0 Å². The van der Waals surface area contributed by atoms with Crippen LogP contribution >= 0.6 is 11.6 Å². The molecule has 0 aliphatic heterocycles. The predicted octanol–water partition coefficient (Wildman–Crippen LogP) is 4.58. The van der Waals surface area contributed by atoms with Gasteiger partial charge in [0.05, 0.1) is 15.5 Å². The van der Waals surface area contributed by atoms with Crippen molar-refractivity contribution in [2.75, 3.05) is 0 Å². The first-order chi connectivity index (χ1) is 9.90. The topological polar surface area (TPSA) is 52.4 Å². The number of ether oxygens (including phenoxy) is 1. The lowest BCUT2D eigenvalue weighted by molar-refractivity contribution is -0.385. The van der Waals surface area contributed by atoms with E-state index in [0.29, 0.717) is 11.3 Å². The van der Waals surface area contributed by atoms with Crippen LogP contribution in [0.5, 0.6) is 5.75 Å². The number of nitrogens with zero attached hydrogens (tertiary/aromatic N) is 1. The molecule has 0 saturated carbocycles. The second kappa shape index (κ2) is 6.10. The second-order valence-corrected chi connectivity index (χ2v) is 5.06. The Morgan fingerprint density at radius 3 is 2.67 bits per heavy atom. The maximum atomic E-state index is 13.6.